The van der Waals surface area contributed by atoms with Crippen molar-refractivity contribution in [2.45, 2.75) is 26.3 Å². The molecule has 3 rings (SSSR count). The van der Waals surface area contributed by atoms with Gasteiger partial charge in [-0.3, -0.25) is 9.59 Å². The van der Waals surface area contributed by atoms with Gasteiger partial charge in [-0.2, -0.15) is 0 Å². The van der Waals surface area contributed by atoms with Gasteiger partial charge in [0.25, 0.3) is 11.7 Å². The molecule has 182 valence electrons. The second kappa shape index (κ2) is 11.1. The van der Waals surface area contributed by atoms with E-state index in [1.165, 1.54) is 12.0 Å². The van der Waals surface area contributed by atoms with Gasteiger partial charge in [0.2, 0.25) is 0 Å². The van der Waals surface area contributed by atoms with Gasteiger partial charge >= 0.3 is 0 Å². The number of hydrogen-bond donors (Lipinski definition) is 1. The van der Waals surface area contributed by atoms with Crippen molar-refractivity contribution in [3.63, 3.8) is 0 Å². The number of benzene rings is 2. The molecular formula is C26H31NO7. The highest BCUT2D eigenvalue weighted by molar-refractivity contribution is 6.46. The molecule has 0 radical (unpaired) electrons. The Morgan fingerprint density at radius 3 is 2.41 bits per heavy atom. The van der Waals surface area contributed by atoms with Crippen molar-refractivity contribution in [1.29, 1.82) is 0 Å². The van der Waals surface area contributed by atoms with E-state index in [4.69, 9.17) is 18.9 Å². The number of aryl methyl sites for hydroxylation is 1. The topological polar surface area (TPSA) is 94.5 Å². The van der Waals surface area contributed by atoms with Gasteiger partial charge < -0.3 is 29.0 Å². The number of carbonyl (C=O) groups is 2. The van der Waals surface area contributed by atoms with Gasteiger partial charge in [0, 0.05) is 25.8 Å². The third kappa shape index (κ3) is 4.87. The standard InChI is InChI=1S/C26H31NO7/c1-6-34-20-11-8-17(15-21(20)33-5)23-22(25(29)26(30)27(23)12-7-13-31-3)24(28)19-10-9-18(32-4)14-16(19)2/h8-11,14-15,23,28H,6-7,12-13H2,1-5H3/b24-22+/t23-/m0/s1. The molecule has 8 nitrogen and oxygen atoms in total. The van der Waals surface area contributed by atoms with Crippen molar-refractivity contribution in [2.24, 2.45) is 0 Å². The van der Waals surface area contributed by atoms with Crippen LogP contribution in [0.25, 0.3) is 5.76 Å². The monoisotopic (exact) mass is 469 g/mol. The highest BCUT2D eigenvalue weighted by Gasteiger charge is 2.46. The van der Waals surface area contributed by atoms with Gasteiger partial charge in [0.15, 0.2) is 11.5 Å². The zero-order valence-electron chi connectivity index (χ0n) is 20.2. The number of nitrogens with zero attached hydrogens (tertiary/aromatic N) is 1. The van der Waals surface area contributed by atoms with Gasteiger partial charge in [0.1, 0.15) is 11.5 Å². The molecule has 1 amide bonds. The van der Waals surface area contributed by atoms with Crippen molar-refractivity contribution in [3.8, 4) is 17.2 Å². The molecule has 1 atom stereocenters. The minimum Gasteiger partial charge on any atom is -0.507 e. The Morgan fingerprint density at radius 2 is 1.79 bits per heavy atom. The average Bonchev–Trinajstić information content (AvgIpc) is 3.09. The number of ketones is 1. The van der Waals surface area contributed by atoms with Gasteiger partial charge in [0.05, 0.1) is 32.4 Å². The second-order valence-electron chi connectivity index (χ2n) is 7.86. The Hall–Kier alpha value is -3.52. The van der Waals surface area contributed by atoms with Crippen LogP contribution >= 0.6 is 0 Å². The number of ether oxygens (including phenoxy) is 4. The Balaban J connectivity index is 2.18. The third-order valence-corrected chi connectivity index (χ3v) is 5.78. The molecule has 0 aromatic heterocycles. The van der Waals surface area contributed by atoms with E-state index in [0.29, 0.717) is 53.6 Å². The zero-order chi connectivity index (χ0) is 24.8. The average molecular weight is 470 g/mol. The van der Waals surface area contributed by atoms with Gasteiger partial charge in [-0.05, 0) is 61.7 Å². The summed E-state index contributed by atoms with van der Waals surface area (Å²) in [4.78, 5) is 27.7. The number of amides is 1. The summed E-state index contributed by atoms with van der Waals surface area (Å²) in [5.41, 5.74) is 1.83. The Labute approximate surface area is 199 Å². The first-order valence-corrected chi connectivity index (χ1v) is 11.1. The fourth-order valence-corrected chi connectivity index (χ4v) is 4.14. The molecule has 2 aromatic rings. The Kier molecular flexibility index (Phi) is 8.17. The van der Waals surface area contributed by atoms with Crippen LogP contribution in [0.1, 0.15) is 36.1 Å². The van der Waals surface area contributed by atoms with Crippen LogP contribution in [0.15, 0.2) is 42.0 Å². The first-order valence-electron chi connectivity index (χ1n) is 11.1. The van der Waals surface area contributed by atoms with Crippen LogP contribution in [0.3, 0.4) is 0 Å². The molecule has 1 aliphatic rings. The lowest BCUT2D eigenvalue weighted by Gasteiger charge is -2.26. The molecule has 1 heterocycles. The van der Waals surface area contributed by atoms with Crippen LogP contribution in [-0.4, -0.2) is 62.8 Å². The first kappa shape index (κ1) is 25.1. The van der Waals surface area contributed by atoms with Crippen LogP contribution in [0, 0.1) is 6.92 Å². The highest BCUT2D eigenvalue weighted by atomic mass is 16.5. The van der Waals surface area contributed by atoms with Crippen LogP contribution in [0.5, 0.6) is 17.2 Å². The summed E-state index contributed by atoms with van der Waals surface area (Å²) in [6.07, 6.45) is 0.537. The SMILES string of the molecule is CCOc1ccc([C@H]2/C(=C(\O)c3ccc(OC)cc3C)C(=O)C(=O)N2CCCOC)cc1OC. The smallest absolute Gasteiger partial charge is 0.295 e. The number of rotatable bonds is 10. The molecule has 1 aliphatic heterocycles. The van der Waals surface area contributed by atoms with Gasteiger partial charge in [-0.25, -0.2) is 0 Å². The molecule has 34 heavy (non-hydrogen) atoms. The van der Waals surface area contributed by atoms with Crippen molar-refractivity contribution < 1.29 is 33.6 Å². The van der Waals surface area contributed by atoms with E-state index < -0.39 is 17.7 Å². The van der Waals surface area contributed by atoms with Crippen molar-refractivity contribution >= 4 is 17.4 Å². The van der Waals surface area contributed by atoms with Crippen molar-refractivity contribution in [3.05, 3.63) is 58.7 Å². The number of Topliss-reactive ketones (excluding diaryl/α,β-unsaturated/α-hetero) is 1. The number of likely N-dealkylation sites (tertiary alicyclic amines) is 1. The molecular weight excluding hydrogens is 438 g/mol. The summed E-state index contributed by atoms with van der Waals surface area (Å²) in [5, 5.41) is 11.3. The fraction of sp³-hybridized carbons (Fsp3) is 0.385. The van der Waals surface area contributed by atoms with Crippen LogP contribution in [0.4, 0.5) is 0 Å². The zero-order valence-corrected chi connectivity index (χ0v) is 20.2. The predicted octanol–water partition coefficient (Wildman–Crippen LogP) is 3.87. The van der Waals surface area contributed by atoms with Crippen LogP contribution in [0.2, 0.25) is 0 Å². The van der Waals surface area contributed by atoms with E-state index in [9.17, 15) is 14.7 Å². The normalized spacial score (nSPS) is 17.2. The molecule has 1 N–H and O–H groups in total. The molecule has 0 saturated carbocycles. The maximum absolute atomic E-state index is 13.2. The lowest BCUT2D eigenvalue weighted by Crippen LogP contribution is -2.31. The second-order valence-corrected chi connectivity index (χ2v) is 7.86. The number of aliphatic hydroxyl groups excluding tert-OH is 1. The molecule has 0 spiro atoms. The predicted molar refractivity (Wildman–Crippen MR) is 127 cm³/mol. The lowest BCUT2D eigenvalue weighted by molar-refractivity contribution is -0.140. The number of aliphatic hydroxyl groups is 1. The first-order chi connectivity index (χ1) is 16.4. The molecule has 2 aromatic carbocycles. The summed E-state index contributed by atoms with van der Waals surface area (Å²) in [5.74, 6) is 0.0238. The van der Waals surface area contributed by atoms with Gasteiger partial charge in [-0.1, -0.05) is 6.07 Å². The molecule has 1 fully saturated rings. The summed E-state index contributed by atoms with van der Waals surface area (Å²) in [6.45, 7) is 4.86. The summed E-state index contributed by atoms with van der Waals surface area (Å²) < 4.78 is 21.5. The third-order valence-electron chi connectivity index (χ3n) is 5.78. The van der Waals surface area contributed by atoms with E-state index >= 15 is 0 Å². The van der Waals surface area contributed by atoms with Crippen molar-refractivity contribution in [1.82, 2.24) is 4.90 Å². The maximum atomic E-state index is 13.2. The number of methoxy groups -OCH3 is 3. The molecule has 1 saturated heterocycles. The molecule has 0 unspecified atom stereocenters. The minimum absolute atomic E-state index is 0.0295. The van der Waals surface area contributed by atoms with E-state index in [1.54, 1.807) is 57.5 Å². The summed E-state index contributed by atoms with van der Waals surface area (Å²) in [7, 11) is 4.66. The maximum Gasteiger partial charge on any atom is 0.295 e. The lowest BCUT2D eigenvalue weighted by atomic mass is 9.93. The van der Waals surface area contributed by atoms with Crippen LogP contribution in [-0.2, 0) is 14.3 Å². The Morgan fingerprint density at radius 1 is 1.03 bits per heavy atom. The van der Waals surface area contributed by atoms with Gasteiger partial charge in [-0.15, -0.1) is 0 Å². The van der Waals surface area contributed by atoms with E-state index in [0.717, 1.165) is 0 Å². The Bertz CT molecular complexity index is 1090. The van der Waals surface area contributed by atoms with E-state index in [-0.39, 0.29) is 17.9 Å². The quantitative estimate of drug-likeness (QED) is 0.244. The van der Waals surface area contributed by atoms with Crippen molar-refractivity contribution in [2.75, 3.05) is 41.1 Å². The van der Waals surface area contributed by atoms with E-state index in [2.05, 4.69) is 0 Å². The molecule has 0 aliphatic carbocycles. The summed E-state index contributed by atoms with van der Waals surface area (Å²) >= 11 is 0. The largest absolute Gasteiger partial charge is 0.507 e. The minimum atomic E-state index is -0.789. The molecule has 0 bridgehead atoms. The van der Waals surface area contributed by atoms with Crippen LogP contribution < -0.4 is 14.2 Å². The molecule has 8 heteroatoms. The number of hydrogen-bond acceptors (Lipinski definition) is 7. The number of carbonyl (C=O) groups excluding carboxylic acids is 2. The summed E-state index contributed by atoms with van der Waals surface area (Å²) in [6, 6.07) is 9.61. The van der Waals surface area contributed by atoms with E-state index in [1.807, 2.05) is 6.92 Å². The highest BCUT2D eigenvalue weighted by Crippen LogP contribution is 2.42. The fourth-order valence-electron chi connectivity index (χ4n) is 4.14.